The number of hydrogen-bond donors (Lipinski definition) is 2. The molecule has 2 N–H and O–H groups in total. The molecule has 2 aliphatic rings. The molecule has 0 aliphatic carbocycles. The van der Waals surface area contributed by atoms with Gasteiger partial charge in [0.05, 0.1) is 5.92 Å². The summed E-state index contributed by atoms with van der Waals surface area (Å²) >= 11 is 0. The summed E-state index contributed by atoms with van der Waals surface area (Å²) in [6.07, 6.45) is 5.46. The molecule has 1 atom stereocenters. The van der Waals surface area contributed by atoms with Gasteiger partial charge < -0.3 is 5.11 Å². The van der Waals surface area contributed by atoms with Crippen LogP contribution < -0.4 is 4.72 Å². The third-order valence-electron chi connectivity index (χ3n) is 5.87. The normalized spacial score (nSPS) is 21.9. The number of benzene rings is 1. The molecule has 2 heterocycles. The lowest BCUT2D eigenvalue weighted by atomic mass is 9.99. The number of piperidine rings is 1. The van der Waals surface area contributed by atoms with Crippen LogP contribution >= 0.6 is 0 Å². The van der Waals surface area contributed by atoms with Crippen molar-refractivity contribution in [1.82, 2.24) is 13.9 Å². The molecule has 2 aliphatic heterocycles. The molecule has 8 heteroatoms. The summed E-state index contributed by atoms with van der Waals surface area (Å²) < 4.78 is 29.8. The molecule has 2 saturated heterocycles. The van der Waals surface area contributed by atoms with Gasteiger partial charge >= 0.3 is 5.97 Å². The standard InChI is InChI=1S/C20H31N3O4S/c24-20(25)18-10-14-23(15-11-18)28(26,27)21-16-19(17-8-4-3-5-9-17)22-12-6-1-2-7-13-22/h3-5,8-9,18-19,21H,1-2,6-7,10-16H2,(H,24,25)/t19-/m0/s1. The van der Waals surface area contributed by atoms with E-state index < -0.39 is 22.1 Å². The minimum atomic E-state index is -3.62. The molecular weight excluding hydrogens is 378 g/mol. The first-order chi connectivity index (χ1) is 13.5. The van der Waals surface area contributed by atoms with E-state index in [2.05, 4.69) is 21.8 Å². The molecule has 0 saturated carbocycles. The van der Waals surface area contributed by atoms with Crippen LogP contribution in [0.1, 0.15) is 50.1 Å². The molecule has 0 spiro atoms. The van der Waals surface area contributed by atoms with Crippen LogP contribution in [0.2, 0.25) is 0 Å². The molecule has 0 aromatic heterocycles. The van der Waals surface area contributed by atoms with Crippen LogP contribution in [0.25, 0.3) is 0 Å². The van der Waals surface area contributed by atoms with Crippen molar-refractivity contribution in [3.8, 4) is 0 Å². The quantitative estimate of drug-likeness (QED) is 0.721. The maximum absolute atomic E-state index is 12.8. The Morgan fingerprint density at radius 2 is 1.64 bits per heavy atom. The van der Waals surface area contributed by atoms with Crippen molar-refractivity contribution in [2.24, 2.45) is 5.92 Å². The van der Waals surface area contributed by atoms with Gasteiger partial charge in [0.2, 0.25) is 0 Å². The SMILES string of the molecule is O=C(O)C1CCN(S(=O)(=O)NC[C@@H](c2ccccc2)N2CCCCCC2)CC1. The molecule has 0 amide bonds. The third-order valence-corrected chi connectivity index (χ3v) is 7.44. The zero-order chi connectivity index (χ0) is 20.0. The second-order valence-corrected chi connectivity index (χ2v) is 9.50. The number of aliphatic carboxylic acids is 1. The van der Waals surface area contributed by atoms with Crippen LogP contribution in [0.4, 0.5) is 0 Å². The molecule has 3 rings (SSSR count). The maximum atomic E-state index is 12.8. The van der Waals surface area contributed by atoms with Gasteiger partial charge in [0.15, 0.2) is 0 Å². The molecular formula is C20H31N3O4S. The van der Waals surface area contributed by atoms with Crippen LogP contribution in [0.15, 0.2) is 30.3 Å². The van der Waals surface area contributed by atoms with Crippen molar-refractivity contribution in [2.45, 2.75) is 44.6 Å². The van der Waals surface area contributed by atoms with E-state index in [0.717, 1.165) is 31.5 Å². The van der Waals surface area contributed by atoms with E-state index in [9.17, 15) is 13.2 Å². The predicted octanol–water partition coefficient (Wildman–Crippen LogP) is 2.23. The lowest BCUT2D eigenvalue weighted by Crippen LogP contribution is -2.48. The van der Waals surface area contributed by atoms with E-state index in [4.69, 9.17) is 5.11 Å². The third kappa shape index (κ3) is 5.53. The number of carboxylic acid groups (broad SMARTS) is 1. The number of likely N-dealkylation sites (tertiary alicyclic amines) is 1. The fraction of sp³-hybridized carbons (Fsp3) is 0.650. The molecule has 1 aromatic carbocycles. The summed E-state index contributed by atoms with van der Waals surface area (Å²) in [5.74, 6) is -1.28. The molecule has 0 unspecified atom stereocenters. The van der Waals surface area contributed by atoms with Gasteiger partial charge in [-0.05, 0) is 44.3 Å². The van der Waals surface area contributed by atoms with Gasteiger partial charge in [0, 0.05) is 25.7 Å². The Bertz CT molecular complexity index is 725. The zero-order valence-corrected chi connectivity index (χ0v) is 17.1. The summed E-state index contributed by atoms with van der Waals surface area (Å²) in [6, 6.07) is 10.1. The van der Waals surface area contributed by atoms with Crippen molar-refractivity contribution in [1.29, 1.82) is 0 Å². The number of hydrogen-bond acceptors (Lipinski definition) is 4. The van der Waals surface area contributed by atoms with Crippen molar-refractivity contribution in [3.05, 3.63) is 35.9 Å². The van der Waals surface area contributed by atoms with E-state index in [-0.39, 0.29) is 19.1 Å². The molecule has 156 valence electrons. The van der Waals surface area contributed by atoms with Gasteiger partial charge in [0.1, 0.15) is 0 Å². The summed E-state index contributed by atoms with van der Waals surface area (Å²) in [5.41, 5.74) is 1.12. The van der Waals surface area contributed by atoms with Gasteiger partial charge in [-0.3, -0.25) is 9.69 Å². The Balaban J connectivity index is 1.66. The highest BCUT2D eigenvalue weighted by molar-refractivity contribution is 7.87. The van der Waals surface area contributed by atoms with E-state index >= 15 is 0 Å². The largest absolute Gasteiger partial charge is 0.481 e. The monoisotopic (exact) mass is 409 g/mol. The summed E-state index contributed by atoms with van der Waals surface area (Å²) in [4.78, 5) is 13.5. The van der Waals surface area contributed by atoms with Crippen LogP contribution in [0.3, 0.4) is 0 Å². The number of carbonyl (C=O) groups is 1. The average molecular weight is 410 g/mol. The van der Waals surface area contributed by atoms with E-state index in [1.807, 2.05) is 18.2 Å². The Labute approximate surface area is 167 Å². The van der Waals surface area contributed by atoms with Gasteiger partial charge in [-0.2, -0.15) is 12.7 Å². The first-order valence-electron chi connectivity index (χ1n) is 10.2. The maximum Gasteiger partial charge on any atom is 0.306 e. The number of nitrogens with zero attached hydrogens (tertiary/aromatic N) is 2. The lowest BCUT2D eigenvalue weighted by molar-refractivity contribution is -0.142. The summed E-state index contributed by atoms with van der Waals surface area (Å²) in [5, 5.41) is 9.11. The van der Waals surface area contributed by atoms with Crippen LogP contribution in [-0.4, -0.2) is 61.4 Å². The highest BCUT2D eigenvalue weighted by atomic mass is 32.2. The van der Waals surface area contributed by atoms with Gasteiger partial charge in [-0.25, -0.2) is 4.72 Å². The Morgan fingerprint density at radius 3 is 2.21 bits per heavy atom. The zero-order valence-electron chi connectivity index (χ0n) is 16.3. The summed E-state index contributed by atoms with van der Waals surface area (Å²) in [7, 11) is -3.62. The first-order valence-corrected chi connectivity index (χ1v) is 11.7. The predicted molar refractivity (Wildman–Crippen MR) is 108 cm³/mol. The highest BCUT2D eigenvalue weighted by Crippen LogP contribution is 2.25. The fourth-order valence-corrected chi connectivity index (χ4v) is 5.40. The van der Waals surface area contributed by atoms with Crippen molar-refractivity contribution < 1.29 is 18.3 Å². The molecule has 7 nitrogen and oxygen atoms in total. The number of rotatable bonds is 7. The summed E-state index contributed by atoms with van der Waals surface area (Å²) in [6.45, 7) is 2.79. The van der Waals surface area contributed by atoms with Crippen LogP contribution in [0, 0.1) is 5.92 Å². The Hall–Kier alpha value is -1.48. The topological polar surface area (TPSA) is 90.0 Å². The van der Waals surface area contributed by atoms with Gasteiger partial charge in [0.25, 0.3) is 10.2 Å². The molecule has 28 heavy (non-hydrogen) atoms. The molecule has 0 bridgehead atoms. The number of carboxylic acids is 1. The van der Waals surface area contributed by atoms with E-state index in [1.54, 1.807) is 0 Å². The molecule has 1 aromatic rings. The van der Waals surface area contributed by atoms with Gasteiger partial charge in [-0.1, -0.05) is 43.2 Å². The second kappa shape index (κ2) is 9.82. The van der Waals surface area contributed by atoms with Crippen LogP contribution in [-0.2, 0) is 15.0 Å². The smallest absolute Gasteiger partial charge is 0.306 e. The number of nitrogens with one attached hydrogen (secondary N) is 1. The van der Waals surface area contributed by atoms with E-state index in [1.165, 1.54) is 17.1 Å². The average Bonchev–Trinajstić information content (AvgIpc) is 2.98. The fourth-order valence-electron chi connectivity index (χ4n) is 4.16. The Kier molecular flexibility index (Phi) is 7.45. The first kappa shape index (κ1) is 21.2. The van der Waals surface area contributed by atoms with Gasteiger partial charge in [-0.15, -0.1) is 0 Å². The van der Waals surface area contributed by atoms with Crippen molar-refractivity contribution in [3.63, 3.8) is 0 Å². The van der Waals surface area contributed by atoms with Crippen LogP contribution in [0.5, 0.6) is 0 Å². The minimum absolute atomic E-state index is 0.00522. The van der Waals surface area contributed by atoms with E-state index in [0.29, 0.717) is 19.4 Å². The minimum Gasteiger partial charge on any atom is -0.481 e. The second-order valence-electron chi connectivity index (χ2n) is 7.74. The lowest BCUT2D eigenvalue weighted by Gasteiger charge is -2.33. The molecule has 2 fully saturated rings. The molecule has 0 radical (unpaired) electrons. The van der Waals surface area contributed by atoms with Crippen molar-refractivity contribution in [2.75, 3.05) is 32.7 Å². The highest BCUT2D eigenvalue weighted by Gasteiger charge is 2.32. The van der Waals surface area contributed by atoms with Crippen molar-refractivity contribution >= 4 is 16.2 Å². The Morgan fingerprint density at radius 1 is 1.04 bits per heavy atom.